The van der Waals surface area contributed by atoms with Gasteiger partial charge in [0.05, 0.1) is 28.5 Å². The van der Waals surface area contributed by atoms with Gasteiger partial charge < -0.3 is 15.6 Å². The number of aromatic amines is 1. The van der Waals surface area contributed by atoms with Gasteiger partial charge in [-0.15, -0.1) is 0 Å². The zero-order chi connectivity index (χ0) is 20.7. The molecule has 7 nitrogen and oxygen atoms in total. The highest BCUT2D eigenvalue weighted by atomic mass is 16.1. The molecule has 4 heterocycles. The van der Waals surface area contributed by atoms with Gasteiger partial charge >= 0.3 is 0 Å². The number of carbonyl (C=O) groups is 1. The van der Waals surface area contributed by atoms with Gasteiger partial charge in [0, 0.05) is 36.1 Å². The van der Waals surface area contributed by atoms with Gasteiger partial charge in [-0.25, -0.2) is 9.97 Å². The second-order valence-electron chi connectivity index (χ2n) is 7.53. The van der Waals surface area contributed by atoms with Crippen LogP contribution in [0.1, 0.15) is 40.4 Å². The molecule has 1 aromatic carbocycles. The summed E-state index contributed by atoms with van der Waals surface area (Å²) < 4.78 is 0. The first-order chi connectivity index (χ1) is 14.6. The summed E-state index contributed by atoms with van der Waals surface area (Å²) in [5, 5.41) is 6.33. The molecule has 150 valence electrons. The molecular weight excluding hydrogens is 376 g/mol. The molecule has 0 saturated carbocycles. The van der Waals surface area contributed by atoms with Crippen LogP contribution in [-0.2, 0) is 6.42 Å². The number of carbonyl (C=O) groups excluding carboxylic acids is 1. The number of aromatic nitrogens is 4. The Bertz CT molecular complexity index is 1250. The topological polar surface area (TPSA) is 95.6 Å². The molecule has 0 aliphatic carbocycles. The minimum absolute atomic E-state index is 0.00897. The molecule has 0 saturated heterocycles. The van der Waals surface area contributed by atoms with Gasteiger partial charge in [0.2, 0.25) is 0 Å². The molecule has 1 aliphatic rings. The van der Waals surface area contributed by atoms with E-state index >= 15 is 0 Å². The lowest BCUT2D eigenvalue weighted by Crippen LogP contribution is -2.31. The number of nitrogens with zero attached hydrogens (tertiary/aromatic N) is 3. The average Bonchev–Trinajstić information content (AvgIpc) is 3.20. The van der Waals surface area contributed by atoms with Crippen molar-refractivity contribution < 1.29 is 4.79 Å². The number of para-hydroxylation sites is 1. The molecule has 1 amide bonds. The third-order valence-electron chi connectivity index (χ3n) is 5.45. The number of fused-ring (bicyclic) bond motifs is 2. The number of amides is 1. The fraction of sp³-hybridized carbons (Fsp3) is 0.217. The largest absolute Gasteiger partial charge is 0.360 e. The predicted octanol–water partition coefficient (Wildman–Crippen LogP) is 3.79. The van der Waals surface area contributed by atoms with Crippen LogP contribution in [0.25, 0.3) is 22.3 Å². The first kappa shape index (κ1) is 18.3. The number of nitrogens with one attached hydrogen (secondary N) is 3. The highest BCUT2D eigenvalue weighted by Gasteiger charge is 2.21. The molecule has 3 aromatic heterocycles. The van der Waals surface area contributed by atoms with E-state index in [2.05, 4.69) is 27.5 Å². The SMILES string of the molecule is Cc1nc2cccc(-c3cc4c([nH]3)CCNC4=O)c2nc1N[C@@H](C)c1ccccn1. The van der Waals surface area contributed by atoms with E-state index in [-0.39, 0.29) is 11.9 Å². The first-order valence-electron chi connectivity index (χ1n) is 10.1. The summed E-state index contributed by atoms with van der Waals surface area (Å²) in [6.07, 6.45) is 2.58. The minimum Gasteiger partial charge on any atom is -0.360 e. The summed E-state index contributed by atoms with van der Waals surface area (Å²) in [6, 6.07) is 13.7. The van der Waals surface area contributed by atoms with Gasteiger partial charge in [0.15, 0.2) is 0 Å². The zero-order valence-corrected chi connectivity index (χ0v) is 16.9. The quantitative estimate of drug-likeness (QED) is 0.486. The number of rotatable bonds is 4. The highest BCUT2D eigenvalue weighted by molar-refractivity contribution is 5.99. The van der Waals surface area contributed by atoms with Crippen molar-refractivity contribution in [3.05, 3.63) is 71.3 Å². The minimum atomic E-state index is -0.0348. The van der Waals surface area contributed by atoms with Crippen molar-refractivity contribution in [2.45, 2.75) is 26.3 Å². The summed E-state index contributed by atoms with van der Waals surface area (Å²) in [6.45, 7) is 4.65. The molecule has 5 rings (SSSR count). The van der Waals surface area contributed by atoms with Gasteiger partial charge in [-0.2, -0.15) is 0 Å². The van der Waals surface area contributed by atoms with Crippen molar-refractivity contribution in [1.29, 1.82) is 0 Å². The van der Waals surface area contributed by atoms with E-state index in [0.29, 0.717) is 12.1 Å². The van der Waals surface area contributed by atoms with Crippen LogP contribution in [-0.4, -0.2) is 32.4 Å². The second kappa shape index (κ2) is 7.26. The van der Waals surface area contributed by atoms with Crippen molar-refractivity contribution in [1.82, 2.24) is 25.3 Å². The molecule has 0 bridgehead atoms. The van der Waals surface area contributed by atoms with E-state index < -0.39 is 0 Å². The number of H-pyrrole nitrogens is 1. The molecule has 0 fully saturated rings. The average molecular weight is 398 g/mol. The number of anilines is 1. The van der Waals surface area contributed by atoms with Crippen LogP contribution in [0.2, 0.25) is 0 Å². The van der Waals surface area contributed by atoms with E-state index in [4.69, 9.17) is 9.97 Å². The molecule has 1 atom stereocenters. The molecule has 0 spiro atoms. The molecule has 1 aliphatic heterocycles. The van der Waals surface area contributed by atoms with Gasteiger partial charge in [-0.05, 0) is 38.1 Å². The van der Waals surface area contributed by atoms with Gasteiger partial charge in [-0.3, -0.25) is 9.78 Å². The highest BCUT2D eigenvalue weighted by Crippen LogP contribution is 2.31. The molecule has 7 heteroatoms. The lowest BCUT2D eigenvalue weighted by molar-refractivity contribution is 0.0946. The maximum Gasteiger partial charge on any atom is 0.253 e. The fourth-order valence-electron chi connectivity index (χ4n) is 3.87. The lowest BCUT2D eigenvalue weighted by Gasteiger charge is -2.16. The Labute approximate surface area is 174 Å². The standard InChI is InChI=1S/C23H22N6O/c1-13(17-7-3-4-10-24-17)27-22-14(2)26-19-8-5-6-15(21(19)29-22)20-12-16-18(28-20)9-11-25-23(16)30/h3-8,10,12-13,28H,9,11H2,1-2H3,(H,25,30)(H,27,29)/t13-/m0/s1. The molecule has 4 aromatic rings. The van der Waals surface area contributed by atoms with Crippen LogP contribution in [0.15, 0.2) is 48.7 Å². The molecule has 0 unspecified atom stereocenters. The second-order valence-corrected chi connectivity index (χ2v) is 7.53. The van der Waals surface area contributed by atoms with Gasteiger partial charge in [0.1, 0.15) is 11.3 Å². The van der Waals surface area contributed by atoms with Gasteiger partial charge in [-0.1, -0.05) is 18.2 Å². The number of aryl methyl sites for hydroxylation is 1. The Morgan fingerprint density at radius 3 is 2.80 bits per heavy atom. The molecule has 0 radical (unpaired) electrons. The Morgan fingerprint density at radius 1 is 1.10 bits per heavy atom. The Morgan fingerprint density at radius 2 is 2.00 bits per heavy atom. The normalized spacial score (nSPS) is 14.3. The van der Waals surface area contributed by atoms with E-state index in [1.165, 1.54) is 0 Å². The Kier molecular flexibility index (Phi) is 4.43. The van der Waals surface area contributed by atoms with Crippen LogP contribution in [0.3, 0.4) is 0 Å². The van der Waals surface area contributed by atoms with E-state index in [9.17, 15) is 4.79 Å². The summed E-state index contributed by atoms with van der Waals surface area (Å²) in [5.41, 5.74) is 6.85. The number of hydrogen-bond donors (Lipinski definition) is 3. The van der Waals surface area contributed by atoms with Crippen LogP contribution in [0.4, 0.5) is 5.82 Å². The fourth-order valence-corrected chi connectivity index (χ4v) is 3.87. The molecular formula is C23H22N6O. The Hall–Kier alpha value is -3.74. The maximum absolute atomic E-state index is 12.2. The van der Waals surface area contributed by atoms with Crippen LogP contribution in [0.5, 0.6) is 0 Å². The summed E-state index contributed by atoms with van der Waals surface area (Å²) >= 11 is 0. The molecule has 30 heavy (non-hydrogen) atoms. The predicted molar refractivity (Wildman–Crippen MR) is 116 cm³/mol. The summed E-state index contributed by atoms with van der Waals surface area (Å²) in [7, 11) is 0. The van der Waals surface area contributed by atoms with Crippen LogP contribution >= 0.6 is 0 Å². The van der Waals surface area contributed by atoms with Crippen molar-refractivity contribution in [2.75, 3.05) is 11.9 Å². The monoisotopic (exact) mass is 398 g/mol. The van der Waals surface area contributed by atoms with Crippen LogP contribution < -0.4 is 10.6 Å². The lowest BCUT2D eigenvalue weighted by atomic mass is 10.1. The van der Waals surface area contributed by atoms with E-state index in [1.807, 2.05) is 49.4 Å². The van der Waals surface area contributed by atoms with Crippen molar-refractivity contribution in [2.24, 2.45) is 0 Å². The van der Waals surface area contributed by atoms with Gasteiger partial charge in [0.25, 0.3) is 5.91 Å². The third-order valence-corrected chi connectivity index (χ3v) is 5.45. The van der Waals surface area contributed by atoms with E-state index in [1.54, 1.807) is 6.20 Å². The van der Waals surface area contributed by atoms with Crippen molar-refractivity contribution in [3.8, 4) is 11.3 Å². The first-order valence-corrected chi connectivity index (χ1v) is 10.1. The number of pyridine rings is 1. The third kappa shape index (κ3) is 3.18. The van der Waals surface area contributed by atoms with Crippen molar-refractivity contribution in [3.63, 3.8) is 0 Å². The Balaban J connectivity index is 1.57. The van der Waals surface area contributed by atoms with Crippen molar-refractivity contribution >= 4 is 22.8 Å². The zero-order valence-electron chi connectivity index (χ0n) is 16.9. The number of benzene rings is 1. The van der Waals surface area contributed by atoms with Crippen LogP contribution in [0, 0.1) is 6.92 Å². The smallest absolute Gasteiger partial charge is 0.253 e. The molecule has 3 N–H and O–H groups in total. The number of hydrogen-bond acceptors (Lipinski definition) is 5. The maximum atomic E-state index is 12.2. The summed E-state index contributed by atoms with van der Waals surface area (Å²) in [4.78, 5) is 29.7. The van der Waals surface area contributed by atoms with E-state index in [0.717, 1.165) is 51.6 Å². The summed E-state index contributed by atoms with van der Waals surface area (Å²) in [5.74, 6) is 0.689.